The molecule has 2 aliphatic rings. The molecule has 2 aromatic rings. The van der Waals surface area contributed by atoms with Crippen LogP contribution in [0.3, 0.4) is 0 Å². The highest BCUT2D eigenvalue weighted by Gasteiger charge is 2.34. The fourth-order valence-corrected chi connectivity index (χ4v) is 3.59. The van der Waals surface area contributed by atoms with Crippen molar-refractivity contribution in [2.45, 2.75) is 26.8 Å². The van der Waals surface area contributed by atoms with Gasteiger partial charge in [0.15, 0.2) is 0 Å². The number of benzene rings is 2. The van der Waals surface area contributed by atoms with Gasteiger partial charge in [0.25, 0.3) is 11.8 Å². The van der Waals surface area contributed by atoms with Crippen molar-refractivity contribution < 1.29 is 14.0 Å². The van der Waals surface area contributed by atoms with Crippen LogP contribution < -0.4 is 10.3 Å². The molecule has 2 aliphatic heterocycles. The van der Waals surface area contributed by atoms with E-state index in [0.717, 1.165) is 17.8 Å². The summed E-state index contributed by atoms with van der Waals surface area (Å²) in [7, 11) is 0. The van der Waals surface area contributed by atoms with Crippen molar-refractivity contribution in [3.63, 3.8) is 0 Å². The Bertz CT molecular complexity index is 1060. The Kier molecular flexibility index (Phi) is 5.35. The molecular weight excluding hydrogens is 383 g/mol. The van der Waals surface area contributed by atoms with Gasteiger partial charge in [-0.3, -0.25) is 9.59 Å². The molecule has 7 heteroatoms. The Hall–Kier alpha value is -3.48. The van der Waals surface area contributed by atoms with Crippen LogP contribution >= 0.6 is 0 Å². The summed E-state index contributed by atoms with van der Waals surface area (Å²) in [6.07, 6.45) is 2.50. The zero-order valence-electron chi connectivity index (χ0n) is 17.0. The lowest BCUT2D eigenvalue weighted by Gasteiger charge is -2.25. The number of hydrogen-bond donors (Lipinski definition) is 1. The highest BCUT2D eigenvalue weighted by Crippen LogP contribution is 2.29. The van der Waals surface area contributed by atoms with E-state index in [2.05, 4.69) is 15.3 Å². The molecule has 2 heterocycles. The first kappa shape index (κ1) is 19.8. The number of fused-ring (bicyclic) bond motifs is 1. The molecule has 4 rings (SSSR count). The summed E-state index contributed by atoms with van der Waals surface area (Å²) in [6.45, 7) is 5.52. The molecule has 30 heavy (non-hydrogen) atoms. The highest BCUT2D eigenvalue weighted by molar-refractivity contribution is 6.30. The van der Waals surface area contributed by atoms with Gasteiger partial charge in [0.05, 0.1) is 17.0 Å². The number of carbonyl (C=O) groups is 2. The normalized spacial score (nSPS) is 15.6. The molecule has 1 N–H and O–H groups in total. The Morgan fingerprint density at radius 1 is 1.20 bits per heavy atom. The fourth-order valence-electron chi connectivity index (χ4n) is 3.59. The van der Waals surface area contributed by atoms with Crippen LogP contribution in [0.4, 0.5) is 10.1 Å². The van der Waals surface area contributed by atoms with E-state index in [0.29, 0.717) is 41.9 Å². The molecule has 0 aliphatic carbocycles. The van der Waals surface area contributed by atoms with Gasteiger partial charge in [0, 0.05) is 37.8 Å². The van der Waals surface area contributed by atoms with E-state index in [1.54, 1.807) is 19.1 Å². The monoisotopic (exact) mass is 406 g/mol. The molecular formula is C23H23FN4O2. The van der Waals surface area contributed by atoms with Crippen LogP contribution in [0, 0.1) is 12.7 Å². The lowest BCUT2D eigenvalue weighted by molar-refractivity contribution is -0.114. The molecule has 0 saturated heterocycles. The summed E-state index contributed by atoms with van der Waals surface area (Å²) in [5.41, 5.74) is 4.04. The third kappa shape index (κ3) is 3.83. The van der Waals surface area contributed by atoms with E-state index in [9.17, 15) is 14.0 Å². The number of carbonyl (C=O) groups excluding carboxylic acids is 2. The molecule has 0 fully saturated rings. The summed E-state index contributed by atoms with van der Waals surface area (Å²) < 4.78 is 13.6. The molecule has 2 amide bonds. The van der Waals surface area contributed by atoms with Crippen LogP contribution in [0.1, 0.15) is 34.8 Å². The van der Waals surface area contributed by atoms with E-state index in [4.69, 9.17) is 0 Å². The number of amides is 2. The number of aryl methyl sites for hydroxylation is 1. The second kappa shape index (κ2) is 8.10. The van der Waals surface area contributed by atoms with Crippen molar-refractivity contribution in [2.24, 2.45) is 5.10 Å². The quantitative estimate of drug-likeness (QED) is 0.828. The number of rotatable bonds is 5. The molecule has 0 bridgehead atoms. The average Bonchev–Trinajstić information content (AvgIpc) is 3.07. The molecule has 0 saturated carbocycles. The minimum Gasteiger partial charge on any atom is -0.372 e. The smallest absolute Gasteiger partial charge is 0.282 e. The molecule has 0 aromatic heterocycles. The van der Waals surface area contributed by atoms with E-state index in [1.165, 1.54) is 11.1 Å². The maximum absolute atomic E-state index is 13.6. The fraction of sp³-hybridized carbons (Fsp3) is 0.261. The Morgan fingerprint density at radius 3 is 2.67 bits per heavy atom. The minimum absolute atomic E-state index is 0.0855. The van der Waals surface area contributed by atoms with Crippen LogP contribution in [0.5, 0.6) is 0 Å². The van der Waals surface area contributed by atoms with Gasteiger partial charge in [-0.2, -0.15) is 10.1 Å². The maximum atomic E-state index is 13.6. The summed E-state index contributed by atoms with van der Waals surface area (Å²) in [4.78, 5) is 26.9. The van der Waals surface area contributed by atoms with E-state index < -0.39 is 0 Å². The van der Waals surface area contributed by atoms with Gasteiger partial charge < -0.3 is 10.2 Å². The second-order valence-electron chi connectivity index (χ2n) is 7.42. The van der Waals surface area contributed by atoms with Crippen LogP contribution in [-0.4, -0.2) is 35.5 Å². The lowest BCUT2D eigenvalue weighted by atomic mass is 10.0. The lowest BCUT2D eigenvalue weighted by Crippen LogP contribution is -2.29. The van der Waals surface area contributed by atoms with E-state index in [1.807, 2.05) is 37.4 Å². The van der Waals surface area contributed by atoms with Crippen molar-refractivity contribution in [3.05, 3.63) is 76.7 Å². The Balaban J connectivity index is 1.48. The summed E-state index contributed by atoms with van der Waals surface area (Å²) in [5, 5.41) is 8.59. The molecule has 154 valence electrons. The first-order valence-corrected chi connectivity index (χ1v) is 9.97. The number of hydrazone groups is 1. The Morgan fingerprint density at radius 2 is 1.97 bits per heavy atom. The number of nitrogens with zero attached hydrogens (tertiary/aromatic N) is 3. The summed E-state index contributed by atoms with van der Waals surface area (Å²) in [5.74, 6) is -0.594. The first-order valence-electron chi connectivity index (χ1n) is 9.97. The topological polar surface area (TPSA) is 65.0 Å². The van der Waals surface area contributed by atoms with Gasteiger partial charge in [0.1, 0.15) is 5.82 Å². The first-order chi connectivity index (χ1) is 14.5. The standard InChI is InChI=1S/C23H23FN4O2/c1-3-25-22(29)17-6-4-16(5-7-17)13-27-11-10-21-19(14-27)23(30)28(26-21)18-8-9-20(24)15(2)12-18/h4-9,12,14H,3,10-11,13H2,1-2H3,(H,25,29). The second-order valence-corrected chi connectivity index (χ2v) is 7.42. The number of anilines is 1. The molecule has 0 spiro atoms. The Labute approximate surface area is 174 Å². The largest absolute Gasteiger partial charge is 0.372 e. The summed E-state index contributed by atoms with van der Waals surface area (Å²) >= 11 is 0. The van der Waals surface area contributed by atoms with Gasteiger partial charge in [-0.1, -0.05) is 12.1 Å². The van der Waals surface area contributed by atoms with Crippen LogP contribution in [0.2, 0.25) is 0 Å². The number of nitrogens with one attached hydrogen (secondary N) is 1. The third-order valence-corrected chi connectivity index (χ3v) is 5.23. The van der Waals surface area contributed by atoms with Crippen molar-refractivity contribution in [1.82, 2.24) is 10.2 Å². The predicted molar refractivity (Wildman–Crippen MR) is 114 cm³/mol. The zero-order valence-corrected chi connectivity index (χ0v) is 17.0. The van der Waals surface area contributed by atoms with Gasteiger partial charge in [-0.15, -0.1) is 0 Å². The molecule has 0 atom stereocenters. The van der Waals surface area contributed by atoms with Gasteiger partial charge in [-0.05, 0) is 55.3 Å². The van der Waals surface area contributed by atoms with Crippen LogP contribution in [-0.2, 0) is 11.3 Å². The maximum Gasteiger partial charge on any atom is 0.282 e. The molecule has 0 unspecified atom stereocenters. The predicted octanol–water partition coefficient (Wildman–Crippen LogP) is 3.38. The summed E-state index contributed by atoms with van der Waals surface area (Å²) in [6, 6.07) is 12.0. The molecule has 0 radical (unpaired) electrons. The van der Waals surface area contributed by atoms with E-state index in [-0.39, 0.29) is 17.6 Å². The SMILES string of the molecule is CCNC(=O)c1ccc(CN2C=C3C(=O)N(c4ccc(F)c(C)c4)N=C3CC2)cc1. The van der Waals surface area contributed by atoms with Crippen LogP contribution in [0.25, 0.3) is 0 Å². The van der Waals surface area contributed by atoms with Crippen LogP contribution in [0.15, 0.2) is 59.3 Å². The number of hydrogen-bond acceptors (Lipinski definition) is 4. The van der Waals surface area contributed by atoms with Gasteiger partial charge >= 0.3 is 0 Å². The minimum atomic E-state index is -0.306. The highest BCUT2D eigenvalue weighted by atomic mass is 19.1. The molecule has 2 aromatic carbocycles. The van der Waals surface area contributed by atoms with Gasteiger partial charge in [0.2, 0.25) is 0 Å². The third-order valence-electron chi connectivity index (χ3n) is 5.23. The van der Waals surface area contributed by atoms with Crippen molar-refractivity contribution in [3.8, 4) is 0 Å². The van der Waals surface area contributed by atoms with Gasteiger partial charge in [-0.25, -0.2) is 4.39 Å². The molecule has 6 nitrogen and oxygen atoms in total. The van der Waals surface area contributed by atoms with Crippen molar-refractivity contribution in [1.29, 1.82) is 0 Å². The van der Waals surface area contributed by atoms with Crippen molar-refractivity contribution in [2.75, 3.05) is 18.1 Å². The average molecular weight is 406 g/mol. The van der Waals surface area contributed by atoms with Crippen molar-refractivity contribution >= 4 is 23.2 Å². The van der Waals surface area contributed by atoms with E-state index >= 15 is 0 Å². The number of halogens is 1. The zero-order chi connectivity index (χ0) is 21.3.